The second-order valence-electron chi connectivity index (χ2n) is 4.57. The van der Waals surface area contributed by atoms with Crippen LogP contribution in [0.15, 0.2) is 34.9 Å². The molecule has 0 spiro atoms. The lowest BCUT2D eigenvalue weighted by molar-refractivity contribution is 0.0904. The molecule has 3 rings (SSSR count). The van der Waals surface area contributed by atoms with E-state index in [2.05, 4.69) is 10.1 Å². The third kappa shape index (κ3) is 2.04. The van der Waals surface area contributed by atoms with E-state index in [0.29, 0.717) is 11.3 Å². The molecule has 1 aliphatic rings. The van der Waals surface area contributed by atoms with Crippen molar-refractivity contribution < 1.29 is 9.23 Å². The summed E-state index contributed by atoms with van der Waals surface area (Å²) in [6, 6.07) is 5.03. The van der Waals surface area contributed by atoms with Crippen molar-refractivity contribution in [3.05, 3.63) is 51.7 Å². The van der Waals surface area contributed by atoms with E-state index in [4.69, 9.17) is 4.84 Å². The Morgan fingerprint density at radius 1 is 1.37 bits per heavy atom. The fourth-order valence-corrected chi connectivity index (χ4v) is 3.18. The summed E-state index contributed by atoms with van der Waals surface area (Å²) in [5, 5.41) is 6.91. The van der Waals surface area contributed by atoms with E-state index in [-0.39, 0.29) is 17.8 Å². The lowest BCUT2D eigenvalue weighted by Gasteiger charge is -2.14. The number of aromatic nitrogens is 1. The molecule has 0 aliphatic carbocycles. The Kier molecular flexibility index (Phi) is 3.06. The number of aryl methyl sites for hydroxylation is 1. The monoisotopic (exact) mass is 276 g/mol. The van der Waals surface area contributed by atoms with E-state index < -0.39 is 0 Å². The maximum atomic E-state index is 14.1. The van der Waals surface area contributed by atoms with Gasteiger partial charge >= 0.3 is 0 Å². The molecular formula is C14H13FN2OS. The fourth-order valence-electron chi connectivity index (χ4n) is 2.34. The second kappa shape index (κ2) is 4.74. The van der Waals surface area contributed by atoms with Gasteiger partial charge in [-0.05, 0) is 25.5 Å². The van der Waals surface area contributed by atoms with E-state index in [0.717, 1.165) is 10.6 Å². The third-order valence-corrected chi connectivity index (χ3v) is 4.14. The number of oxime groups is 1. The molecule has 2 heterocycles. The highest BCUT2D eigenvalue weighted by atomic mass is 32.1. The van der Waals surface area contributed by atoms with Crippen LogP contribution in [-0.4, -0.2) is 16.8 Å². The Hall–Kier alpha value is -1.75. The van der Waals surface area contributed by atoms with Gasteiger partial charge in [0, 0.05) is 17.1 Å². The van der Waals surface area contributed by atoms with Gasteiger partial charge in [-0.25, -0.2) is 9.37 Å². The molecular weight excluding hydrogens is 263 g/mol. The van der Waals surface area contributed by atoms with Crippen LogP contribution in [0.25, 0.3) is 0 Å². The van der Waals surface area contributed by atoms with Crippen LogP contribution >= 0.6 is 11.3 Å². The van der Waals surface area contributed by atoms with Gasteiger partial charge in [0.1, 0.15) is 22.6 Å². The molecule has 0 radical (unpaired) electrons. The first-order chi connectivity index (χ1) is 9.18. The summed E-state index contributed by atoms with van der Waals surface area (Å²) in [6.07, 6.45) is 1.62. The molecule has 1 aromatic heterocycles. The van der Waals surface area contributed by atoms with Crippen LogP contribution in [0.1, 0.15) is 29.0 Å². The highest BCUT2D eigenvalue weighted by molar-refractivity contribution is 7.09. The average molecular weight is 276 g/mol. The summed E-state index contributed by atoms with van der Waals surface area (Å²) in [5.74, 6) is -0.367. The predicted molar refractivity (Wildman–Crippen MR) is 73.1 cm³/mol. The van der Waals surface area contributed by atoms with Crippen molar-refractivity contribution >= 4 is 17.0 Å². The third-order valence-electron chi connectivity index (χ3n) is 3.28. The number of hydrogen-bond acceptors (Lipinski definition) is 4. The Labute approximate surface area is 114 Å². The van der Waals surface area contributed by atoms with Crippen LogP contribution in [-0.2, 0) is 4.84 Å². The number of halogens is 1. The molecule has 3 nitrogen and oxygen atoms in total. The van der Waals surface area contributed by atoms with Crippen LogP contribution in [0.2, 0.25) is 0 Å². The zero-order valence-electron chi connectivity index (χ0n) is 10.6. The van der Waals surface area contributed by atoms with Gasteiger partial charge in [0.25, 0.3) is 0 Å². The molecule has 98 valence electrons. The molecule has 0 bridgehead atoms. The van der Waals surface area contributed by atoms with E-state index >= 15 is 0 Å². The van der Waals surface area contributed by atoms with Crippen molar-refractivity contribution in [2.45, 2.75) is 25.9 Å². The van der Waals surface area contributed by atoms with Crippen LogP contribution in [0.3, 0.4) is 0 Å². The smallest absolute Gasteiger partial charge is 0.139 e. The maximum Gasteiger partial charge on any atom is 0.139 e. The van der Waals surface area contributed by atoms with Gasteiger partial charge in [0.2, 0.25) is 0 Å². The first-order valence-electron chi connectivity index (χ1n) is 6.07. The van der Waals surface area contributed by atoms with Crippen LogP contribution in [0, 0.1) is 12.7 Å². The lowest BCUT2D eigenvalue weighted by Crippen LogP contribution is -2.20. The number of hydrogen-bond donors (Lipinski definition) is 0. The zero-order chi connectivity index (χ0) is 13.4. The molecule has 2 unspecified atom stereocenters. The van der Waals surface area contributed by atoms with Gasteiger partial charge < -0.3 is 4.84 Å². The first-order valence-corrected chi connectivity index (χ1v) is 6.95. The first kappa shape index (κ1) is 12.3. The number of rotatable bonds is 2. The number of thiazole rings is 1. The largest absolute Gasteiger partial charge is 0.391 e. The van der Waals surface area contributed by atoms with Crippen LogP contribution in [0.4, 0.5) is 4.39 Å². The quantitative estimate of drug-likeness (QED) is 0.841. The van der Waals surface area contributed by atoms with Gasteiger partial charge in [-0.2, -0.15) is 0 Å². The van der Waals surface area contributed by atoms with Crippen LogP contribution < -0.4 is 0 Å². The van der Waals surface area contributed by atoms with E-state index in [1.54, 1.807) is 12.3 Å². The molecule has 19 heavy (non-hydrogen) atoms. The van der Waals surface area contributed by atoms with Gasteiger partial charge in [-0.3, -0.25) is 0 Å². The molecule has 1 aromatic carbocycles. The van der Waals surface area contributed by atoms with Gasteiger partial charge in [-0.1, -0.05) is 17.3 Å². The zero-order valence-corrected chi connectivity index (χ0v) is 11.4. The summed E-state index contributed by atoms with van der Waals surface area (Å²) in [7, 11) is 0. The summed E-state index contributed by atoms with van der Waals surface area (Å²) in [4.78, 5) is 9.67. The fraction of sp³-hybridized carbons (Fsp3) is 0.286. The minimum atomic E-state index is -0.266. The molecule has 0 amide bonds. The summed E-state index contributed by atoms with van der Waals surface area (Å²) >= 11 is 1.54. The van der Waals surface area contributed by atoms with Gasteiger partial charge in [0.15, 0.2) is 0 Å². The second-order valence-corrected chi connectivity index (χ2v) is 5.49. The van der Waals surface area contributed by atoms with Crippen LogP contribution in [0.5, 0.6) is 0 Å². The van der Waals surface area contributed by atoms with E-state index in [1.807, 2.05) is 25.3 Å². The minimum Gasteiger partial charge on any atom is -0.391 e. The van der Waals surface area contributed by atoms with Gasteiger partial charge in [-0.15, -0.1) is 11.3 Å². The van der Waals surface area contributed by atoms with Crippen molar-refractivity contribution in [2.75, 3.05) is 0 Å². The predicted octanol–water partition coefficient (Wildman–Crippen LogP) is 3.50. The Bertz CT molecular complexity index is 604. The molecule has 0 fully saturated rings. The van der Waals surface area contributed by atoms with Gasteiger partial charge in [0.05, 0.1) is 5.92 Å². The van der Waals surface area contributed by atoms with Crippen molar-refractivity contribution in [1.82, 2.24) is 4.98 Å². The van der Waals surface area contributed by atoms with Crippen molar-refractivity contribution in [2.24, 2.45) is 5.16 Å². The summed E-state index contributed by atoms with van der Waals surface area (Å²) in [6.45, 7) is 3.81. The normalized spacial score (nSPS) is 22.2. The van der Waals surface area contributed by atoms with Crippen molar-refractivity contribution in [3.63, 3.8) is 0 Å². The molecule has 1 aliphatic heterocycles. The number of benzene rings is 1. The summed E-state index contributed by atoms with van der Waals surface area (Å²) < 4.78 is 14.1. The van der Waals surface area contributed by atoms with Crippen molar-refractivity contribution in [1.29, 1.82) is 0 Å². The summed E-state index contributed by atoms with van der Waals surface area (Å²) in [5.41, 5.74) is 2.03. The molecule has 0 saturated carbocycles. The molecule has 5 heteroatoms. The topological polar surface area (TPSA) is 34.5 Å². The van der Waals surface area contributed by atoms with E-state index in [1.165, 1.54) is 17.4 Å². The van der Waals surface area contributed by atoms with E-state index in [9.17, 15) is 4.39 Å². The highest BCUT2D eigenvalue weighted by Gasteiger charge is 2.36. The number of nitrogens with zero attached hydrogens (tertiary/aromatic N) is 2. The average Bonchev–Trinajstić information content (AvgIpc) is 2.99. The SMILES string of the molecule is Cc1cccc(F)c1C1=NOC(C)C1c1nccs1. The highest BCUT2D eigenvalue weighted by Crippen LogP contribution is 2.34. The molecule has 0 saturated heterocycles. The lowest BCUT2D eigenvalue weighted by atomic mass is 9.91. The maximum absolute atomic E-state index is 14.1. The minimum absolute atomic E-state index is 0.101. The Morgan fingerprint density at radius 3 is 2.89 bits per heavy atom. The van der Waals surface area contributed by atoms with Crippen molar-refractivity contribution in [3.8, 4) is 0 Å². The molecule has 2 aromatic rings. The molecule has 0 N–H and O–H groups in total. The Balaban J connectivity index is 2.09. The standard InChI is InChI=1S/C14H13FN2OS/c1-8-4-3-5-10(15)11(8)13-12(9(2)18-17-13)14-16-6-7-19-14/h3-7,9,12H,1-2H3. The Morgan fingerprint density at radius 2 is 2.21 bits per heavy atom. The molecule has 2 atom stereocenters.